The maximum absolute atomic E-state index is 12.8. The molecule has 106 valence electrons. The van der Waals surface area contributed by atoms with Crippen LogP contribution in [-0.4, -0.2) is 35.9 Å². The van der Waals surface area contributed by atoms with E-state index in [1.54, 1.807) is 11.3 Å². The number of nitrogens with zero attached hydrogens (tertiary/aromatic N) is 2. The van der Waals surface area contributed by atoms with E-state index in [2.05, 4.69) is 17.2 Å². The van der Waals surface area contributed by atoms with Crippen LogP contribution in [0.4, 0.5) is 0 Å². The average Bonchev–Trinajstić information content (AvgIpc) is 3.00. The van der Waals surface area contributed by atoms with Gasteiger partial charge in [0, 0.05) is 18.5 Å². The summed E-state index contributed by atoms with van der Waals surface area (Å²) in [6.45, 7) is 6.62. The summed E-state index contributed by atoms with van der Waals surface area (Å²) in [5.74, 6) is 0.284. The van der Waals surface area contributed by atoms with Crippen LogP contribution in [0.3, 0.4) is 0 Å². The van der Waals surface area contributed by atoms with E-state index < -0.39 is 0 Å². The van der Waals surface area contributed by atoms with Crippen molar-refractivity contribution in [1.82, 2.24) is 15.2 Å². The molecule has 19 heavy (non-hydrogen) atoms. The molecular weight excluding hydrogens is 258 g/mol. The summed E-state index contributed by atoms with van der Waals surface area (Å²) < 4.78 is 0. The summed E-state index contributed by atoms with van der Waals surface area (Å²) in [7, 11) is 1.91. The van der Waals surface area contributed by atoms with Gasteiger partial charge in [0.25, 0.3) is 0 Å². The molecule has 1 fully saturated rings. The Bertz CT molecular complexity index is 438. The first-order chi connectivity index (χ1) is 9.09. The summed E-state index contributed by atoms with van der Waals surface area (Å²) in [5, 5.41) is 3.35. The Balaban J connectivity index is 2.07. The molecule has 2 heterocycles. The van der Waals surface area contributed by atoms with Crippen LogP contribution in [0.5, 0.6) is 0 Å². The van der Waals surface area contributed by atoms with Crippen molar-refractivity contribution in [1.29, 1.82) is 0 Å². The van der Waals surface area contributed by atoms with Gasteiger partial charge in [-0.15, -0.1) is 11.3 Å². The van der Waals surface area contributed by atoms with Crippen LogP contribution in [0.2, 0.25) is 0 Å². The van der Waals surface area contributed by atoms with E-state index >= 15 is 0 Å². The van der Waals surface area contributed by atoms with E-state index in [1.807, 2.05) is 24.4 Å². The smallest absolute Gasteiger partial charge is 0.230 e. The second kappa shape index (κ2) is 6.01. The van der Waals surface area contributed by atoms with Gasteiger partial charge in [-0.05, 0) is 26.3 Å². The number of aromatic nitrogens is 1. The van der Waals surface area contributed by atoms with E-state index in [1.165, 1.54) is 4.88 Å². The lowest BCUT2D eigenvalue weighted by Gasteiger charge is -2.31. The van der Waals surface area contributed by atoms with Gasteiger partial charge in [-0.2, -0.15) is 0 Å². The molecule has 0 spiro atoms. The van der Waals surface area contributed by atoms with Crippen molar-refractivity contribution in [2.45, 2.75) is 39.7 Å². The second-order valence-corrected chi connectivity index (χ2v) is 6.42. The number of hydrogen-bond donors (Lipinski definition) is 1. The molecule has 0 saturated carbocycles. The van der Waals surface area contributed by atoms with Gasteiger partial charge in [0.2, 0.25) is 5.91 Å². The minimum atomic E-state index is -0.178. The molecule has 1 aliphatic rings. The summed E-state index contributed by atoms with van der Waals surface area (Å²) in [6, 6.07) is 0. The molecule has 1 aromatic heterocycles. The Morgan fingerprint density at radius 1 is 1.63 bits per heavy atom. The van der Waals surface area contributed by atoms with Crippen molar-refractivity contribution in [3.63, 3.8) is 0 Å². The highest BCUT2D eigenvalue weighted by molar-refractivity contribution is 7.09. The first kappa shape index (κ1) is 14.5. The van der Waals surface area contributed by atoms with E-state index in [9.17, 15) is 4.79 Å². The fourth-order valence-electron chi connectivity index (χ4n) is 2.90. The summed E-state index contributed by atoms with van der Waals surface area (Å²) in [6.07, 6.45) is 3.00. The number of aryl methyl sites for hydroxylation is 1. The Hall–Kier alpha value is -0.940. The predicted molar refractivity (Wildman–Crippen MR) is 78.2 cm³/mol. The minimum Gasteiger partial charge on any atom is -0.340 e. The van der Waals surface area contributed by atoms with Gasteiger partial charge in [-0.1, -0.05) is 13.3 Å². The maximum atomic E-state index is 12.8. The van der Waals surface area contributed by atoms with Gasteiger partial charge >= 0.3 is 0 Å². The molecule has 2 rings (SSSR count). The van der Waals surface area contributed by atoms with Crippen LogP contribution in [0.25, 0.3) is 0 Å². The third kappa shape index (κ3) is 2.98. The molecule has 1 unspecified atom stereocenters. The van der Waals surface area contributed by atoms with Gasteiger partial charge in [-0.25, -0.2) is 4.98 Å². The fourth-order valence-corrected chi connectivity index (χ4v) is 3.72. The highest BCUT2D eigenvalue weighted by Crippen LogP contribution is 2.33. The lowest BCUT2D eigenvalue weighted by Crippen LogP contribution is -2.43. The molecule has 4 nitrogen and oxygen atoms in total. The van der Waals surface area contributed by atoms with Crippen molar-refractivity contribution in [3.8, 4) is 0 Å². The van der Waals surface area contributed by atoms with E-state index in [4.69, 9.17) is 0 Å². The first-order valence-corrected chi connectivity index (χ1v) is 7.82. The van der Waals surface area contributed by atoms with Crippen LogP contribution in [0.15, 0.2) is 5.51 Å². The molecule has 1 atom stereocenters. The van der Waals surface area contributed by atoms with Crippen molar-refractivity contribution >= 4 is 17.2 Å². The first-order valence-electron chi connectivity index (χ1n) is 6.94. The van der Waals surface area contributed by atoms with Gasteiger partial charge < -0.3 is 10.2 Å². The minimum absolute atomic E-state index is 0.178. The standard InChI is InChI=1S/C14H23N3OS/c1-4-5-14(6-7-15-9-14)13(18)17(3)8-12-11(2)16-10-19-12/h10,15H,4-9H2,1-3H3. The monoisotopic (exact) mass is 281 g/mol. The van der Waals surface area contributed by atoms with Gasteiger partial charge in [-0.3, -0.25) is 4.79 Å². The SMILES string of the molecule is CCCC1(C(=O)N(C)Cc2scnc2C)CCNC1. The third-order valence-corrected chi connectivity index (χ3v) is 4.92. The normalized spacial score (nSPS) is 22.7. The van der Waals surface area contributed by atoms with Crippen molar-refractivity contribution in [2.24, 2.45) is 5.41 Å². The summed E-state index contributed by atoms with van der Waals surface area (Å²) >= 11 is 1.63. The molecule has 0 radical (unpaired) electrons. The number of carbonyl (C=O) groups excluding carboxylic acids is 1. The van der Waals surface area contributed by atoms with Crippen molar-refractivity contribution < 1.29 is 4.79 Å². The number of carbonyl (C=O) groups is 1. The van der Waals surface area contributed by atoms with Crippen LogP contribution in [0, 0.1) is 12.3 Å². The quantitative estimate of drug-likeness (QED) is 0.900. The van der Waals surface area contributed by atoms with Gasteiger partial charge in [0.1, 0.15) is 0 Å². The van der Waals surface area contributed by atoms with Crippen molar-refractivity contribution in [2.75, 3.05) is 20.1 Å². The van der Waals surface area contributed by atoms with Gasteiger partial charge in [0.05, 0.1) is 23.2 Å². The Labute approximate surface area is 119 Å². The Kier molecular flexibility index (Phi) is 4.58. The van der Waals surface area contributed by atoms with E-state index in [0.717, 1.165) is 38.0 Å². The average molecular weight is 281 g/mol. The largest absolute Gasteiger partial charge is 0.340 e. The zero-order valence-electron chi connectivity index (χ0n) is 12.0. The van der Waals surface area contributed by atoms with Gasteiger partial charge in [0.15, 0.2) is 0 Å². The number of hydrogen-bond acceptors (Lipinski definition) is 4. The maximum Gasteiger partial charge on any atom is 0.230 e. The van der Waals surface area contributed by atoms with Crippen LogP contribution < -0.4 is 5.32 Å². The molecule has 1 aliphatic heterocycles. The predicted octanol–water partition coefficient (Wildman–Crippen LogP) is 2.19. The zero-order valence-corrected chi connectivity index (χ0v) is 12.8. The number of rotatable bonds is 5. The topological polar surface area (TPSA) is 45.2 Å². The highest BCUT2D eigenvalue weighted by Gasteiger charge is 2.41. The van der Waals surface area contributed by atoms with Crippen LogP contribution in [-0.2, 0) is 11.3 Å². The number of amides is 1. The van der Waals surface area contributed by atoms with E-state index in [0.29, 0.717) is 6.54 Å². The van der Waals surface area contributed by atoms with Crippen molar-refractivity contribution in [3.05, 3.63) is 16.1 Å². The molecule has 1 aromatic rings. The Morgan fingerprint density at radius 2 is 2.42 bits per heavy atom. The molecule has 0 aromatic carbocycles. The fraction of sp³-hybridized carbons (Fsp3) is 0.714. The summed E-state index contributed by atoms with van der Waals surface area (Å²) in [4.78, 5) is 20.1. The summed E-state index contributed by atoms with van der Waals surface area (Å²) in [5.41, 5.74) is 2.71. The third-order valence-electron chi connectivity index (χ3n) is 4.00. The van der Waals surface area contributed by atoms with Crippen LogP contribution in [0.1, 0.15) is 36.8 Å². The molecule has 1 saturated heterocycles. The van der Waals surface area contributed by atoms with Crippen LogP contribution >= 0.6 is 11.3 Å². The Morgan fingerprint density at radius 3 is 2.95 bits per heavy atom. The van der Waals surface area contributed by atoms with E-state index in [-0.39, 0.29) is 11.3 Å². The molecule has 1 amide bonds. The lowest BCUT2D eigenvalue weighted by atomic mass is 9.81. The zero-order chi connectivity index (χ0) is 13.9. The molecule has 1 N–H and O–H groups in total. The molecule has 0 aliphatic carbocycles. The number of nitrogens with one attached hydrogen (secondary N) is 1. The lowest BCUT2D eigenvalue weighted by molar-refractivity contribution is -0.140. The molecule has 0 bridgehead atoms. The molecular formula is C14H23N3OS. The highest BCUT2D eigenvalue weighted by atomic mass is 32.1. The molecule has 5 heteroatoms. The second-order valence-electron chi connectivity index (χ2n) is 5.48. The number of thiazole rings is 1.